The predicted molar refractivity (Wildman–Crippen MR) is 205 cm³/mol. The van der Waals surface area contributed by atoms with Gasteiger partial charge in [0.05, 0.1) is 0 Å². The second-order valence-corrected chi connectivity index (χ2v) is 13.1. The molecule has 0 unspecified atom stereocenters. The van der Waals surface area contributed by atoms with Crippen LogP contribution in [0.2, 0.25) is 0 Å². The van der Waals surface area contributed by atoms with Gasteiger partial charge in [-0.2, -0.15) is 0 Å². The van der Waals surface area contributed by atoms with Crippen LogP contribution in [0.4, 0.5) is 0 Å². The molecular formula is C45H29N3S. The average Bonchev–Trinajstić information content (AvgIpc) is 3.57. The molecule has 9 aromatic rings. The van der Waals surface area contributed by atoms with E-state index in [2.05, 4.69) is 152 Å². The second-order valence-electron chi connectivity index (χ2n) is 12.1. The van der Waals surface area contributed by atoms with Gasteiger partial charge in [-0.05, 0) is 45.5 Å². The van der Waals surface area contributed by atoms with E-state index in [1.165, 1.54) is 48.0 Å². The van der Waals surface area contributed by atoms with Gasteiger partial charge in [0.25, 0.3) is 0 Å². The minimum atomic E-state index is 0.652. The van der Waals surface area contributed by atoms with E-state index in [4.69, 9.17) is 15.0 Å². The van der Waals surface area contributed by atoms with Crippen LogP contribution in [0.15, 0.2) is 176 Å². The van der Waals surface area contributed by atoms with Gasteiger partial charge in [0, 0.05) is 36.9 Å². The van der Waals surface area contributed by atoms with Crippen molar-refractivity contribution >= 4 is 31.5 Å². The van der Waals surface area contributed by atoms with Crippen LogP contribution in [0.25, 0.3) is 87.7 Å². The lowest BCUT2D eigenvalue weighted by Gasteiger charge is -2.10. The standard InChI is InChI=1S/C45H29N3S/c1-4-11-30(12-5-1)32-19-21-33(22-20-32)34-23-25-36(26-24-34)44-46-43(35-15-8-3-9-16-35)47-45(48-44)40-18-10-17-39-38-28-27-37(29-41(38)49-42(39)40)31-13-6-2-7-14-31/h1-29H. The molecule has 0 aliphatic heterocycles. The largest absolute Gasteiger partial charge is 0.208 e. The van der Waals surface area contributed by atoms with E-state index in [1.54, 1.807) is 11.3 Å². The van der Waals surface area contributed by atoms with Gasteiger partial charge in [-0.15, -0.1) is 11.3 Å². The summed E-state index contributed by atoms with van der Waals surface area (Å²) in [4.78, 5) is 15.2. The number of hydrogen-bond donors (Lipinski definition) is 0. The Bertz CT molecular complexity index is 2560. The fraction of sp³-hybridized carbons (Fsp3) is 0. The van der Waals surface area contributed by atoms with Gasteiger partial charge in [0.2, 0.25) is 0 Å². The minimum Gasteiger partial charge on any atom is -0.208 e. The van der Waals surface area contributed by atoms with Crippen LogP contribution >= 0.6 is 11.3 Å². The number of hydrogen-bond acceptors (Lipinski definition) is 4. The summed E-state index contributed by atoms with van der Waals surface area (Å²) in [6.07, 6.45) is 0. The molecule has 0 aliphatic carbocycles. The van der Waals surface area contributed by atoms with Crippen molar-refractivity contribution in [1.29, 1.82) is 0 Å². The summed E-state index contributed by atoms with van der Waals surface area (Å²) in [6.45, 7) is 0. The van der Waals surface area contributed by atoms with Crippen molar-refractivity contribution < 1.29 is 0 Å². The molecule has 0 spiro atoms. The Morgan fingerprint density at radius 1 is 0.306 bits per heavy atom. The van der Waals surface area contributed by atoms with Crippen LogP contribution in [-0.4, -0.2) is 15.0 Å². The minimum absolute atomic E-state index is 0.652. The van der Waals surface area contributed by atoms with Crippen LogP contribution in [0, 0.1) is 0 Å². The number of nitrogens with zero attached hydrogens (tertiary/aromatic N) is 3. The van der Waals surface area contributed by atoms with Gasteiger partial charge in [-0.1, -0.05) is 164 Å². The zero-order chi connectivity index (χ0) is 32.6. The number of rotatable bonds is 6. The molecule has 7 aromatic carbocycles. The van der Waals surface area contributed by atoms with Crippen LogP contribution in [-0.2, 0) is 0 Å². The van der Waals surface area contributed by atoms with Crippen molar-refractivity contribution in [3.63, 3.8) is 0 Å². The maximum absolute atomic E-state index is 5.12. The van der Waals surface area contributed by atoms with Crippen molar-refractivity contribution in [2.75, 3.05) is 0 Å². The first-order valence-corrected chi connectivity index (χ1v) is 17.2. The van der Waals surface area contributed by atoms with Crippen molar-refractivity contribution in [2.24, 2.45) is 0 Å². The van der Waals surface area contributed by atoms with Gasteiger partial charge < -0.3 is 0 Å². The van der Waals surface area contributed by atoms with E-state index in [-0.39, 0.29) is 0 Å². The monoisotopic (exact) mass is 643 g/mol. The predicted octanol–water partition coefficient (Wildman–Crippen LogP) is 12.2. The zero-order valence-corrected chi connectivity index (χ0v) is 27.3. The molecule has 0 amide bonds. The van der Waals surface area contributed by atoms with E-state index in [0.717, 1.165) is 22.3 Å². The Hall–Kier alpha value is -6.23. The first-order valence-electron chi connectivity index (χ1n) is 16.4. The molecule has 230 valence electrons. The Morgan fingerprint density at radius 2 is 0.735 bits per heavy atom. The van der Waals surface area contributed by atoms with E-state index in [9.17, 15) is 0 Å². The fourth-order valence-electron chi connectivity index (χ4n) is 6.42. The fourth-order valence-corrected chi connectivity index (χ4v) is 7.67. The molecule has 0 N–H and O–H groups in total. The topological polar surface area (TPSA) is 38.7 Å². The van der Waals surface area contributed by atoms with E-state index >= 15 is 0 Å². The Labute approximate surface area is 288 Å². The first kappa shape index (κ1) is 29.0. The normalized spacial score (nSPS) is 11.3. The molecule has 0 atom stereocenters. The third-order valence-corrected chi connectivity index (χ3v) is 10.2. The van der Waals surface area contributed by atoms with Gasteiger partial charge in [0.15, 0.2) is 17.5 Å². The van der Waals surface area contributed by atoms with E-state index in [1.807, 2.05) is 24.3 Å². The van der Waals surface area contributed by atoms with Crippen LogP contribution < -0.4 is 0 Å². The highest BCUT2D eigenvalue weighted by atomic mass is 32.1. The molecule has 49 heavy (non-hydrogen) atoms. The Kier molecular flexibility index (Phi) is 7.34. The number of aromatic nitrogens is 3. The summed E-state index contributed by atoms with van der Waals surface area (Å²) in [5.41, 5.74) is 10.1. The number of thiophene rings is 1. The van der Waals surface area contributed by atoms with Crippen molar-refractivity contribution in [3.8, 4) is 67.5 Å². The summed E-state index contributed by atoms with van der Waals surface area (Å²) in [5.74, 6) is 1.98. The zero-order valence-electron chi connectivity index (χ0n) is 26.5. The number of fused-ring (bicyclic) bond motifs is 3. The average molecular weight is 644 g/mol. The molecule has 3 nitrogen and oxygen atoms in total. The summed E-state index contributed by atoms with van der Waals surface area (Å²) < 4.78 is 2.42. The molecule has 2 heterocycles. The summed E-state index contributed by atoms with van der Waals surface area (Å²) in [6, 6.07) is 61.6. The van der Waals surface area contributed by atoms with E-state index < -0.39 is 0 Å². The molecular weight excluding hydrogens is 615 g/mol. The third kappa shape index (κ3) is 5.58. The molecule has 0 saturated heterocycles. The maximum atomic E-state index is 5.12. The highest BCUT2D eigenvalue weighted by molar-refractivity contribution is 7.26. The molecule has 4 heteroatoms. The van der Waals surface area contributed by atoms with Crippen LogP contribution in [0.3, 0.4) is 0 Å². The highest BCUT2D eigenvalue weighted by Gasteiger charge is 2.17. The molecule has 2 aromatic heterocycles. The second kappa shape index (κ2) is 12.4. The molecule has 0 bridgehead atoms. The van der Waals surface area contributed by atoms with Gasteiger partial charge >= 0.3 is 0 Å². The molecule has 0 radical (unpaired) electrons. The first-order chi connectivity index (χ1) is 24.3. The van der Waals surface area contributed by atoms with Crippen molar-refractivity contribution in [1.82, 2.24) is 15.0 Å². The van der Waals surface area contributed by atoms with Gasteiger partial charge in [-0.3, -0.25) is 0 Å². The lowest BCUT2D eigenvalue weighted by Crippen LogP contribution is -2.00. The Morgan fingerprint density at radius 3 is 1.31 bits per heavy atom. The summed E-state index contributed by atoms with van der Waals surface area (Å²) in [5, 5.41) is 2.45. The summed E-state index contributed by atoms with van der Waals surface area (Å²) in [7, 11) is 0. The smallest absolute Gasteiger partial charge is 0.165 e. The van der Waals surface area contributed by atoms with Crippen LogP contribution in [0.5, 0.6) is 0 Å². The van der Waals surface area contributed by atoms with E-state index in [0.29, 0.717) is 17.5 Å². The van der Waals surface area contributed by atoms with Gasteiger partial charge in [-0.25, -0.2) is 15.0 Å². The molecule has 9 rings (SSSR count). The number of benzene rings is 7. The Balaban J connectivity index is 1.12. The lowest BCUT2D eigenvalue weighted by atomic mass is 9.99. The maximum Gasteiger partial charge on any atom is 0.165 e. The third-order valence-electron chi connectivity index (χ3n) is 8.98. The highest BCUT2D eigenvalue weighted by Crippen LogP contribution is 2.41. The molecule has 0 aliphatic rings. The molecule has 0 saturated carbocycles. The summed E-state index contributed by atoms with van der Waals surface area (Å²) >= 11 is 1.79. The lowest BCUT2D eigenvalue weighted by molar-refractivity contribution is 1.08. The molecule has 0 fully saturated rings. The van der Waals surface area contributed by atoms with Crippen molar-refractivity contribution in [3.05, 3.63) is 176 Å². The van der Waals surface area contributed by atoms with Crippen molar-refractivity contribution in [2.45, 2.75) is 0 Å². The quantitative estimate of drug-likeness (QED) is 0.181. The van der Waals surface area contributed by atoms with Crippen LogP contribution in [0.1, 0.15) is 0 Å². The SMILES string of the molecule is c1ccc(-c2ccc(-c3ccc(-c4nc(-c5ccccc5)nc(-c5cccc6c5sc5cc(-c7ccccc7)ccc56)n4)cc3)cc2)cc1. The van der Waals surface area contributed by atoms with Gasteiger partial charge in [0.1, 0.15) is 0 Å².